The molecule has 0 amide bonds. The molecule has 25 heavy (non-hydrogen) atoms. The molecule has 1 atom stereocenters. The molecular weight excluding hydrogens is 332 g/mol. The van der Waals surface area contributed by atoms with Crippen LogP contribution >= 0.6 is 11.3 Å². The van der Waals surface area contributed by atoms with E-state index in [1.807, 2.05) is 5.38 Å². The van der Waals surface area contributed by atoms with Gasteiger partial charge in [-0.2, -0.15) is 0 Å². The number of benzene rings is 1. The molecule has 2 aromatic heterocycles. The first kappa shape index (κ1) is 16.3. The van der Waals surface area contributed by atoms with Crippen molar-refractivity contribution in [2.45, 2.75) is 32.5 Å². The lowest BCUT2D eigenvalue weighted by molar-refractivity contribution is 0.179. The number of nitrogens with zero attached hydrogens (tertiary/aromatic N) is 4. The average Bonchev–Trinajstić information content (AvgIpc) is 3.03. The standard InChI is InChI=1S/C19H22N4OS/c1-3-16-13-21(2)17-7-5-4-6-14(17)11-22(16)12-15-10-18(24)23-8-9-25-19(23)20-15/h4-10,16H,3,11-13H2,1-2H3/t16-/m0/s1. The van der Waals surface area contributed by atoms with Crippen molar-refractivity contribution in [3.63, 3.8) is 0 Å². The molecule has 0 fully saturated rings. The van der Waals surface area contributed by atoms with Crippen LogP contribution in [-0.2, 0) is 13.1 Å². The molecule has 6 heteroatoms. The predicted octanol–water partition coefficient (Wildman–Crippen LogP) is 2.99. The highest BCUT2D eigenvalue weighted by Crippen LogP contribution is 2.27. The summed E-state index contributed by atoms with van der Waals surface area (Å²) in [5.41, 5.74) is 3.48. The minimum atomic E-state index is 0.00152. The fourth-order valence-corrected chi connectivity index (χ4v) is 4.38. The number of thiazole rings is 1. The van der Waals surface area contributed by atoms with Crippen molar-refractivity contribution in [2.24, 2.45) is 0 Å². The largest absolute Gasteiger partial charge is 0.373 e. The van der Waals surface area contributed by atoms with Gasteiger partial charge < -0.3 is 4.90 Å². The van der Waals surface area contributed by atoms with Gasteiger partial charge in [0, 0.05) is 56.1 Å². The first-order chi connectivity index (χ1) is 12.2. The molecule has 0 saturated carbocycles. The van der Waals surface area contributed by atoms with Crippen molar-refractivity contribution in [2.75, 3.05) is 18.5 Å². The smallest absolute Gasteiger partial charge is 0.258 e. The molecule has 0 bridgehead atoms. The second-order valence-corrected chi connectivity index (χ2v) is 7.49. The number of likely N-dealkylation sites (N-methyl/N-ethyl adjacent to an activating group) is 1. The van der Waals surface area contributed by atoms with E-state index in [1.165, 1.54) is 22.6 Å². The lowest BCUT2D eigenvalue weighted by Crippen LogP contribution is -2.39. The van der Waals surface area contributed by atoms with E-state index < -0.39 is 0 Å². The SMILES string of the molecule is CC[C@H]1CN(C)c2ccccc2CN1Cc1cc(=O)n2ccsc2n1. The topological polar surface area (TPSA) is 40.9 Å². The summed E-state index contributed by atoms with van der Waals surface area (Å²) in [5, 5.41) is 1.90. The number of anilines is 1. The third-order valence-corrected chi connectivity index (χ3v) is 5.73. The summed E-state index contributed by atoms with van der Waals surface area (Å²) in [6.45, 7) is 4.79. The molecule has 3 aromatic rings. The van der Waals surface area contributed by atoms with Gasteiger partial charge in [-0.25, -0.2) is 4.98 Å². The summed E-state index contributed by atoms with van der Waals surface area (Å²) in [5.74, 6) is 0. The Morgan fingerprint density at radius 1 is 1.32 bits per heavy atom. The second kappa shape index (κ2) is 6.61. The third-order valence-electron chi connectivity index (χ3n) is 4.97. The maximum Gasteiger partial charge on any atom is 0.258 e. The molecule has 0 saturated heterocycles. The number of hydrogen-bond donors (Lipinski definition) is 0. The van der Waals surface area contributed by atoms with E-state index in [0.29, 0.717) is 12.6 Å². The van der Waals surface area contributed by atoms with E-state index in [4.69, 9.17) is 4.98 Å². The highest BCUT2D eigenvalue weighted by atomic mass is 32.1. The molecule has 0 spiro atoms. The number of para-hydroxylation sites is 1. The van der Waals surface area contributed by atoms with Crippen molar-refractivity contribution in [3.05, 3.63) is 63.5 Å². The molecule has 0 aliphatic carbocycles. The Hall–Kier alpha value is -2.18. The van der Waals surface area contributed by atoms with Gasteiger partial charge in [-0.15, -0.1) is 11.3 Å². The van der Waals surface area contributed by atoms with Crippen molar-refractivity contribution >= 4 is 22.0 Å². The number of aromatic nitrogens is 2. The van der Waals surface area contributed by atoms with Gasteiger partial charge >= 0.3 is 0 Å². The van der Waals surface area contributed by atoms with E-state index in [2.05, 4.69) is 48.0 Å². The zero-order valence-corrected chi connectivity index (χ0v) is 15.4. The summed E-state index contributed by atoms with van der Waals surface area (Å²) in [6.07, 6.45) is 2.85. The molecule has 3 heterocycles. The van der Waals surface area contributed by atoms with Crippen LogP contribution in [0.1, 0.15) is 24.6 Å². The Morgan fingerprint density at radius 3 is 3.00 bits per heavy atom. The third kappa shape index (κ3) is 3.07. The van der Waals surface area contributed by atoms with Gasteiger partial charge in [0.2, 0.25) is 0 Å². The van der Waals surface area contributed by atoms with Gasteiger partial charge in [0.05, 0.1) is 5.69 Å². The minimum Gasteiger partial charge on any atom is -0.373 e. The average molecular weight is 354 g/mol. The van der Waals surface area contributed by atoms with E-state index in [0.717, 1.165) is 30.2 Å². The fraction of sp³-hybridized carbons (Fsp3) is 0.368. The summed E-state index contributed by atoms with van der Waals surface area (Å²) in [4.78, 5) is 22.5. The van der Waals surface area contributed by atoms with Gasteiger partial charge in [-0.1, -0.05) is 25.1 Å². The van der Waals surface area contributed by atoms with Crippen LogP contribution in [0.15, 0.2) is 46.7 Å². The van der Waals surface area contributed by atoms with Crippen LogP contribution in [-0.4, -0.2) is 33.9 Å². The Kier molecular flexibility index (Phi) is 4.31. The molecule has 4 rings (SSSR count). The van der Waals surface area contributed by atoms with Gasteiger partial charge in [0.15, 0.2) is 4.96 Å². The maximum absolute atomic E-state index is 12.3. The first-order valence-corrected chi connectivity index (χ1v) is 9.52. The highest BCUT2D eigenvalue weighted by molar-refractivity contribution is 7.15. The molecule has 5 nitrogen and oxygen atoms in total. The predicted molar refractivity (Wildman–Crippen MR) is 102 cm³/mol. The molecule has 130 valence electrons. The normalized spacial score (nSPS) is 18.3. The van der Waals surface area contributed by atoms with E-state index in [1.54, 1.807) is 16.7 Å². The summed E-state index contributed by atoms with van der Waals surface area (Å²) in [6, 6.07) is 10.7. The number of fused-ring (bicyclic) bond motifs is 2. The quantitative estimate of drug-likeness (QED) is 0.725. The molecule has 1 aromatic carbocycles. The van der Waals surface area contributed by atoms with Gasteiger partial charge in [0.1, 0.15) is 0 Å². The summed E-state index contributed by atoms with van der Waals surface area (Å²) < 4.78 is 1.61. The second-order valence-electron chi connectivity index (χ2n) is 6.62. The van der Waals surface area contributed by atoms with Crippen LogP contribution in [0.4, 0.5) is 5.69 Å². The molecule has 1 aliphatic heterocycles. The van der Waals surface area contributed by atoms with E-state index >= 15 is 0 Å². The highest BCUT2D eigenvalue weighted by Gasteiger charge is 2.25. The van der Waals surface area contributed by atoms with Crippen LogP contribution in [0.3, 0.4) is 0 Å². The summed E-state index contributed by atoms with van der Waals surface area (Å²) in [7, 11) is 2.16. The van der Waals surface area contributed by atoms with Crippen LogP contribution in [0, 0.1) is 0 Å². The maximum atomic E-state index is 12.3. The van der Waals surface area contributed by atoms with Gasteiger partial charge in [-0.05, 0) is 18.1 Å². The Morgan fingerprint density at radius 2 is 2.16 bits per heavy atom. The van der Waals surface area contributed by atoms with E-state index in [-0.39, 0.29) is 5.56 Å². The zero-order valence-electron chi connectivity index (χ0n) is 14.6. The zero-order chi connectivity index (χ0) is 17.4. The minimum absolute atomic E-state index is 0.00152. The fourth-order valence-electron chi connectivity index (χ4n) is 3.64. The van der Waals surface area contributed by atoms with Crippen LogP contribution < -0.4 is 10.5 Å². The van der Waals surface area contributed by atoms with Crippen molar-refractivity contribution in [1.82, 2.24) is 14.3 Å². The molecule has 0 unspecified atom stereocenters. The Labute approximate surface area is 151 Å². The monoisotopic (exact) mass is 354 g/mol. The summed E-state index contributed by atoms with van der Waals surface area (Å²) >= 11 is 1.50. The Balaban J connectivity index is 1.68. The molecule has 0 radical (unpaired) electrons. The van der Waals surface area contributed by atoms with Crippen molar-refractivity contribution in [1.29, 1.82) is 0 Å². The van der Waals surface area contributed by atoms with Gasteiger partial charge in [0.25, 0.3) is 5.56 Å². The van der Waals surface area contributed by atoms with Crippen LogP contribution in [0.5, 0.6) is 0 Å². The van der Waals surface area contributed by atoms with Crippen LogP contribution in [0.25, 0.3) is 4.96 Å². The molecular formula is C19H22N4OS. The Bertz CT molecular complexity index is 948. The van der Waals surface area contributed by atoms with Crippen LogP contribution in [0.2, 0.25) is 0 Å². The van der Waals surface area contributed by atoms with E-state index in [9.17, 15) is 4.79 Å². The van der Waals surface area contributed by atoms with Crippen molar-refractivity contribution in [3.8, 4) is 0 Å². The molecule has 0 N–H and O–H groups in total. The molecule has 1 aliphatic rings. The lowest BCUT2D eigenvalue weighted by Gasteiger charge is -2.30. The van der Waals surface area contributed by atoms with Crippen molar-refractivity contribution < 1.29 is 0 Å². The first-order valence-electron chi connectivity index (χ1n) is 8.64. The number of rotatable bonds is 3. The number of hydrogen-bond acceptors (Lipinski definition) is 5. The lowest BCUT2D eigenvalue weighted by atomic mass is 10.1. The van der Waals surface area contributed by atoms with Gasteiger partial charge in [-0.3, -0.25) is 14.1 Å².